The van der Waals surface area contributed by atoms with Gasteiger partial charge in [-0.2, -0.15) is 0 Å². The third-order valence-corrected chi connectivity index (χ3v) is 4.68. The summed E-state index contributed by atoms with van der Waals surface area (Å²) in [6.45, 7) is 1.02. The molecule has 0 bridgehead atoms. The van der Waals surface area contributed by atoms with Gasteiger partial charge in [-0.1, -0.05) is 29.5 Å². The Bertz CT molecular complexity index is 720. The Labute approximate surface area is 143 Å². The maximum atomic E-state index is 12.5. The van der Waals surface area contributed by atoms with Crippen molar-refractivity contribution in [3.05, 3.63) is 35.3 Å². The van der Waals surface area contributed by atoms with E-state index >= 15 is 0 Å². The first kappa shape index (κ1) is 16.4. The fraction of sp³-hybridized carbons (Fsp3) is 0.375. The molecule has 0 unspecified atom stereocenters. The van der Waals surface area contributed by atoms with E-state index in [1.54, 1.807) is 34.7 Å². The van der Waals surface area contributed by atoms with Crippen molar-refractivity contribution in [2.75, 3.05) is 18.4 Å². The minimum atomic E-state index is -0.254. The predicted molar refractivity (Wildman–Crippen MR) is 89.7 cm³/mol. The molecule has 1 aliphatic rings. The smallest absolute Gasteiger partial charge is 0.231 e. The fourth-order valence-corrected chi connectivity index (χ4v) is 3.24. The van der Waals surface area contributed by atoms with E-state index in [1.165, 1.54) is 11.3 Å². The van der Waals surface area contributed by atoms with E-state index in [0.717, 1.165) is 12.8 Å². The third-order valence-electron chi connectivity index (χ3n) is 4.07. The van der Waals surface area contributed by atoms with Crippen molar-refractivity contribution in [2.45, 2.75) is 19.3 Å². The van der Waals surface area contributed by atoms with Gasteiger partial charge in [-0.25, -0.2) is 0 Å². The lowest BCUT2D eigenvalue weighted by molar-refractivity contribution is -0.134. The zero-order valence-corrected chi connectivity index (χ0v) is 13.8. The first-order valence-corrected chi connectivity index (χ1v) is 8.63. The fourth-order valence-electron chi connectivity index (χ4n) is 2.79. The van der Waals surface area contributed by atoms with E-state index in [0.29, 0.717) is 23.8 Å². The second kappa shape index (κ2) is 7.39. The van der Waals surface area contributed by atoms with Crippen molar-refractivity contribution in [2.24, 2.45) is 5.92 Å². The molecule has 2 aromatic rings. The van der Waals surface area contributed by atoms with Gasteiger partial charge in [-0.15, -0.1) is 10.2 Å². The van der Waals surface area contributed by atoms with Crippen LogP contribution in [-0.2, 0) is 16.0 Å². The van der Waals surface area contributed by atoms with Crippen LogP contribution in [0.4, 0.5) is 5.13 Å². The molecule has 24 heavy (non-hydrogen) atoms. The summed E-state index contributed by atoms with van der Waals surface area (Å²) in [5, 5.41) is 20.5. The van der Waals surface area contributed by atoms with E-state index in [9.17, 15) is 14.7 Å². The maximum Gasteiger partial charge on any atom is 0.231 e. The van der Waals surface area contributed by atoms with Crippen LogP contribution in [0.5, 0.6) is 5.75 Å². The molecule has 1 aromatic heterocycles. The van der Waals surface area contributed by atoms with Crippen LogP contribution in [0.2, 0.25) is 0 Å². The van der Waals surface area contributed by atoms with Crippen LogP contribution in [0.25, 0.3) is 0 Å². The molecule has 126 valence electrons. The molecule has 1 atom stereocenters. The lowest BCUT2D eigenvalue weighted by Gasteiger charge is -2.32. The summed E-state index contributed by atoms with van der Waals surface area (Å²) in [5.41, 5.74) is 2.15. The number of phenols is 1. The number of carbonyl (C=O) groups excluding carboxylic acids is 2. The Hall–Kier alpha value is -2.48. The average molecular weight is 346 g/mol. The van der Waals surface area contributed by atoms with Crippen LogP contribution in [0, 0.1) is 5.92 Å². The highest BCUT2D eigenvalue weighted by Gasteiger charge is 2.29. The first-order valence-electron chi connectivity index (χ1n) is 7.75. The molecular formula is C16H18N4O3S. The van der Waals surface area contributed by atoms with Crippen LogP contribution >= 0.6 is 11.3 Å². The van der Waals surface area contributed by atoms with Gasteiger partial charge in [-0.05, 0) is 18.9 Å². The first-order chi connectivity index (χ1) is 11.6. The topological polar surface area (TPSA) is 95.4 Å². The molecule has 0 spiro atoms. The number of rotatable bonds is 4. The van der Waals surface area contributed by atoms with Crippen LogP contribution in [0.1, 0.15) is 18.4 Å². The lowest BCUT2D eigenvalue weighted by Crippen LogP contribution is -2.44. The van der Waals surface area contributed by atoms with E-state index in [2.05, 4.69) is 15.5 Å². The maximum absolute atomic E-state index is 12.5. The largest absolute Gasteiger partial charge is 0.508 e. The number of amides is 2. The molecule has 0 saturated carbocycles. The van der Waals surface area contributed by atoms with Crippen molar-refractivity contribution in [3.63, 3.8) is 0 Å². The summed E-state index contributed by atoms with van der Waals surface area (Å²) in [7, 11) is 0. The summed E-state index contributed by atoms with van der Waals surface area (Å²) < 4.78 is 0. The highest BCUT2D eigenvalue weighted by Crippen LogP contribution is 2.22. The van der Waals surface area contributed by atoms with Crippen molar-refractivity contribution >= 4 is 28.3 Å². The Morgan fingerprint density at radius 1 is 1.38 bits per heavy atom. The average Bonchev–Trinajstić information content (AvgIpc) is 3.10. The molecule has 1 aromatic carbocycles. The van der Waals surface area contributed by atoms with Crippen LogP contribution in [0.3, 0.4) is 0 Å². The second-order valence-electron chi connectivity index (χ2n) is 5.72. The molecular weight excluding hydrogens is 328 g/mol. The minimum Gasteiger partial charge on any atom is -0.508 e. The molecule has 3 rings (SSSR count). The van der Waals surface area contributed by atoms with Gasteiger partial charge in [0.05, 0.1) is 12.3 Å². The van der Waals surface area contributed by atoms with Crippen LogP contribution < -0.4 is 5.32 Å². The van der Waals surface area contributed by atoms with E-state index in [-0.39, 0.29) is 29.9 Å². The SMILES string of the molecule is O=C(Nc1nncs1)[C@@H]1CCCN(C(=O)Cc2ccccc2O)C1. The van der Waals surface area contributed by atoms with Gasteiger partial charge in [0.15, 0.2) is 0 Å². The van der Waals surface area contributed by atoms with E-state index in [1.807, 2.05) is 0 Å². The molecule has 8 heteroatoms. The van der Waals surface area contributed by atoms with Crippen molar-refractivity contribution < 1.29 is 14.7 Å². The summed E-state index contributed by atoms with van der Waals surface area (Å²) in [4.78, 5) is 26.5. The number of nitrogens with one attached hydrogen (secondary N) is 1. The van der Waals surface area contributed by atoms with Crippen molar-refractivity contribution in [1.29, 1.82) is 0 Å². The summed E-state index contributed by atoms with van der Waals surface area (Å²) in [6.07, 6.45) is 1.66. The summed E-state index contributed by atoms with van der Waals surface area (Å²) >= 11 is 1.26. The number of piperidine rings is 1. The molecule has 2 heterocycles. The van der Waals surface area contributed by atoms with E-state index in [4.69, 9.17) is 0 Å². The standard InChI is InChI=1S/C16H18N4O3S/c21-13-6-2-1-4-11(13)8-14(22)20-7-3-5-12(9-20)15(23)18-16-19-17-10-24-16/h1-2,4,6,10,12,21H,3,5,7-9H2,(H,18,19,23)/t12-/m1/s1. The normalized spacial score (nSPS) is 17.5. The zero-order valence-electron chi connectivity index (χ0n) is 13.0. The van der Waals surface area contributed by atoms with Gasteiger partial charge >= 0.3 is 0 Å². The quantitative estimate of drug-likeness (QED) is 0.878. The Morgan fingerprint density at radius 3 is 2.96 bits per heavy atom. The van der Waals surface area contributed by atoms with Gasteiger partial charge in [0.25, 0.3) is 0 Å². The molecule has 2 N–H and O–H groups in total. The van der Waals surface area contributed by atoms with Crippen LogP contribution in [-0.4, -0.2) is 45.1 Å². The van der Waals surface area contributed by atoms with Crippen molar-refractivity contribution in [3.8, 4) is 5.75 Å². The molecule has 0 aliphatic carbocycles. The number of hydrogen-bond acceptors (Lipinski definition) is 6. The molecule has 1 fully saturated rings. The summed E-state index contributed by atoms with van der Waals surface area (Å²) in [5.74, 6) is -0.346. The minimum absolute atomic E-state index is 0.0788. The van der Waals surface area contributed by atoms with Crippen molar-refractivity contribution in [1.82, 2.24) is 15.1 Å². The molecule has 0 radical (unpaired) electrons. The number of phenolic OH excluding ortho intramolecular Hbond substituents is 1. The number of para-hydroxylation sites is 1. The monoisotopic (exact) mass is 346 g/mol. The number of anilines is 1. The number of aromatic hydroxyl groups is 1. The lowest BCUT2D eigenvalue weighted by atomic mass is 9.96. The number of hydrogen-bond donors (Lipinski definition) is 2. The molecule has 1 aliphatic heterocycles. The Kier molecular flexibility index (Phi) is 5.05. The van der Waals surface area contributed by atoms with Gasteiger partial charge in [-0.3, -0.25) is 9.59 Å². The highest BCUT2D eigenvalue weighted by atomic mass is 32.1. The number of benzene rings is 1. The number of nitrogens with zero attached hydrogens (tertiary/aromatic N) is 3. The van der Waals surface area contributed by atoms with Gasteiger partial charge in [0, 0.05) is 18.7 Å². The number of carbonyl (C=O) groups is 2. The van der Waals surface area contributed by atoms with E-state index < -0.39 is 0 Å². The number of aromatic nitrogens is 2. The molecule has 2 amide bonds. The predicted octanol–water partition coefficient (Wildman–Crippen LogP) is 1.66. The van der Waals surface area contributed by atoms with Crippen LogP contribution in [0.15, 0.2) is 29.8 Å². The zero-order chi connectivity index (χ0) is 16.9. The molecule has 1 saturated heterocycles. The molecule has 7 nitrogen and oxygen atoms in total. The second-order valence-corrected chi connectivity index (χ2v) is 6.55. The van der Waals surface area contributed by atoms with Gasteiger partial charge in [0.1, 0.15) is 11.3 Å². The highest BCUT2D eigenvalue weighted by molar-refractivity contribution is 7.13. The van der Waals surface area contributed by atoms with Gasteiger partial charge in [0.2, 0.25) is 16.9 Å². The Morgan fingerprint density at radius 2 is 2.21 bits per heavy atom. The Balaban J connectivity index is 1.59. The summed E-state index contributed by atoms with van der Waals surface area (Å²) in [6, 6.07) is 6.81. The number of likely N-dealkylation sites (tertiary alicyclic amines) is 1. The van der Waals surface area contributed by atoms with Gasteiger partial charge < -0.3 is 15.3 Å². The third kappa shape index (κ3) is 3.88.